The molecule has 0 aliphatic carbocycles. The lowest BCUT2D eigenvalue weighted by molar-refractivity contribution is 1.51. The van der Waals surface area contributed by atoms with Gasteiger partial charge in [-0.2, -0.15) is 0 Å². The Bertz CT molecular complexity index is 558. The summed E-state index contributed by atoms with van der Waals surface area (Å²) < 4.78 is 3.92. The van der Waals surface area contributed by atoms with Gasteiger partial charge in [0.25, 0.3) is 0 Å². The number of rotatable bonds is 1. The maximum absolute atomic E-state index is 5.98. The Balaban J connectivity index is 2.57. The third kappa shape index (κ3) is 3.16. The summed E-state index contributed by atoms with van der Waals surface area (Å²) in [5, 5.41) is 0.712. The zero-order valence-electron chi connectivity index (χ0n) is 8.28. The van der Waals surface area contributed by atoms with Crippen LogP contribution in [0.4, 0.5) is 0 Å². The highest BCUT2D eigenvalue weighted by Gasteiger charge is 2.07. The van der Waals surface area contributed by atoms with E-state index < -0.39 is 0 Å². The van der Waals surface area contributed by atoms with Crippen LogP contribution in [0.2, 0.25) is 5.02 Å². The van der Waals surface area contributed by atoms with Crippen molar-refractivity contribution in [3.8, 4) is 11.1 Å². The Labute approximate surface area is 138 Å². The van der Waals surface area contributed by atoms with Gasteiger partial charge in [0.15, 0.2) is 0 Å². The molecule has 5 heteroatoms. The quantitative estimate of drug-likeness (QED) is 0.365. The van der Waals surface area contributed by atoms with Gasteiger partial charge in [0.1, 0.15) is 0 Å². The fourth-order valence-electron chi connectivity index (χ4n) is 1.40. The molecule has 2 aromatic carbocycles. The summed E-state index contributed by atoms with van der Waals surface area (Å²) in [6.45, 7) is 0. The van der Waals surface area contributed by atoms with Gasteiger partial charge in [0.2, 0.25) is 0 Å². The first kappa shape index (κ1) is 14.1. The van der Waals surface area contributed by atoms with Crippen LogP contribution < -0.4 is 0 Å². The predicted molar refractivity (Wildman–Crippen MR) is 87.7 cm³/mol. The fraction of sp³-hybridized carbons (Fsp3) is 0. The normalized spacial score (nSPS) is 10.6. The average molecular weight is 504 g/mol. The van der Waals surface area contributed by atoms with E-state index in [1.807, 2.05) is 18.2 Å². The third-order valence-corrected chi connectivity index (χ3v) is 6.62. The standard InChI is InChI=1S/C12H5Br4Cl/c13-8-3-6(1-2-11(8)17)7-4-9(14)12(16)10(15)5-7/h1-5H. The molecule has 0 unspecified atom stereocenters. The molecule has 17 heavy (non-hydrogen) atoms. The molecule has 0 saturated heterocycles. The lowest BCUT2D eigenvalue weighted by Gasteiger charge is -2.07. The molecule has 0 nitrogen and oxygen atoms in total. The van der Waals surface area contributed by atoms with Gasteiger partial charge in [-0.05, 0) is 99.1 Å². The summed E-state index contributed by atoms with van der Waals surface area (Å²) in [6.07, 6.45) is 0. The van der Waals surface area contributed by atoms with Gasteiger partial charge in [0.05, 0.1) is 5.02 Å². The minimum Gasteiger partial charge on any atom is -0.0831 e. The highest BCUT2D eigenvalue weighted by Crippen LogP contribution is 2.37. The molecule has 0 bridgehead atoms. The van der Waals surface area contributed by atoms with Crippen molar-refractivity contribution < 1.29 is 0 Å². The van der Waals surface area contributed by atoms with E-state index in [4.69, 9.17) is 11.6 Å². The van der Waals surface area contributed by atoms with Crippen LogP contribution in [0.1, 0.15) is 0 Å². The van der Waals surface area contributed by atoms with E-state index in [0.717, 1.165) is 29.0 Å². The second-order valence-corrected chi connectivity index (χ2v) is 7.15. The molecular weight excluding hydrogens is 499 g/mol. The maximum atomic E-state index is 5.98. The molecule has 2 rings (SSSR count). The zero-order valence-corrected chi connectivity index (χ0v) is 15.4. The topological polar surface area (TPSA) is 0 Å². The molecule has 0 spiro atoms. The molecule has 0 heterocycles. The van der Waals surface area contributed by atoms with Gasteiger partial charge in [-0.1, -0.05) is 17.7 Å². The van der Waals surface area contributed by atoms with Gasteiger partial charge in [-0.15, -0.1) is 0 Å². The SMILES string of the molecule is Clc1ccc(-c2cc(Br)c(Br)c(Br)c2)cc1Br. The van der Waals surface area contributed by atoms with Crippen molar-refractivity contribution in [2.24, 2.45) is 0 Å². The Morgan fingerprint density at radius 2 is 1.24 bits per heavy atom. The van der Waals surface area contributed by atoms with E-state index in [-0.39, 0.29) is 0 Å². The summed E-state index contributed by atoms with van der Waals surface area (Å²) in [7, 11) is 0. The molecule has 0 radical (unpaired) electrons. The number of benzene rings is 2. The van der Waals surface area contributed by atoms with Crippen LogP contribution >= 0.6 is 75.3 Å². The first-order valence-corrected chi connectivity index (χ1v) is 8.14. The Morgan fingerprint density at radius 3 is 1.76 bits per heavy atom. The highest BCUT2D eigenvalue weighted by atomic mass is 79.9. The molecule has 0 N–H and O–H groups in total. The summed E-state index contributed by atoms with van der Waals surface area (Å²) in [5.74, 6) is 0. The second kappa shape index (κ2) is 5.74. The van der Waals surface area contributed by atoms with E-state index in [2.05, 4.69) is 75.9 Å². The van der Waals surface area contributed by atoms with Crippen LogP contribution in [0, 0.1) is 0 Å². The van der Waals surface area contributed by atoms with Gasteiger partial charge in [-0.3, -0.25) is 0 Å². The van der Waals surface area contributed by atoms with Crippen LogP contribution in [0.3, 0.4) is 0 Å². The summed E-state index contributed by atoms with van der Waals surface area (Å²) in [5.41, 5.74) is 2.22. The van der Waals surface area contributed by atoms with Crippen molar-refractivity contribution in [1.29, 1.82) is 0 Å². The van der Waals surface area contributed by atoms with Crippen molar-refractivity contribution in [2.75, 3.05) is 0 Å². The summed E-state index contributed by atoms with van der Waals surface area (Å²) >= 11 is 19.9. The Hall–Kier alpha value is 0.650. The lowest BCUT2D eigenvalue weighted by atomic mass is 10.1. The highest BCUT2D eigenvalue weighted by molar-refractivity contribution is 9.14. The monoisotopic (exact) mass is 500 g/mol. The molecule has 0 fully saturated rings. The Morgan fingerprint density at radius 1 is 0.706 bits per heavy atom. The maximum Gasteiger partial charge on any atom is 0.0548 e. The van der Waals surface area contributed by atoms with E-state index in [1.165, 1.54) is 0 Å². The molecule has 88 valence electrons. The zero-order chi connectivity index (χ0) is 12.6. The van der Waals surface area contributed by atoms with E-state index in [9.17, 15) is 0 Å². The average Bonchev–Trinajstić information content (AvgIpc) is 2.29. The van der Waals surface area contributed by atoms with Crippen LogP contribution in [0.25, 0.3) is 11.1 Å². The van der Waals surface area contributed by atoms with Crippen molar-refractivity contribution >= 4 is 75.3 Å². The summed E-state index contributed by atoms with van der Waals surface area (Å²) in [6, 6.07) is 10.00. The third-order valence-electron chi connectivity index (χ3n) is 2.24. The first-order chi connectivity index (χ1) is 7.99. The number of hydrogen-bond donors (Lipinski definition) is 0. The number of halogens is 5. The minimum atomic E-state index is 0.712. The summed E-state index contributed by atoms with van der Waals surface area (Å²) in [4.78, 5) is 0. The van der Waals surface area contributed by atoms with Crippen LogP contribution in [0.15, 0.2) is 48.2 Å². The van der Waals surface area contributed by atoms with Crippen molar-refractivity contribution in [2.45, 2.75) is 0 Å². The van der Waals surface area contributed by atoms with Gasteiger partial charge >= 0.3 is 0 Å². The Kier molecular flexibility index (Phi) is 4.75. The molecule has 0 atom stereocenters. The van der Waals surface area contributed by atoms with E-state index in [1.54, 1.807) is 0 Å². The molecule has 0 aliphatic heterocycles. The molecule has 0 amide bonds. The van der Waals surface area contributed by atoms with Gasteiger partial charge in [0, 0.05) is 17.9 Å². The molecule has 0 saturated carbocycles. The van der Waals surface area contributed by atoms with Gasteiger partial charge < -0.3 is 0 Å². The van der Waals surface area contributed by atoms with Crippen molar-refractivity contribution in [1.82, 2.24) is 0 Å². The largest absolute Gasteiger partial charge is 0.0831 e. The van der Waals surface area contributed by atoms with Gasteiger partial charge in [-0.25, -0.2) is 0 Å². The van der Waals surface area contributed by atoms with E-state index >= 15 is 0 Å². The van der Waals surface area contributed by atoms with Crippen LogP contribution in [0.5, 0.6) is 0 Å². The van der Waals surface area contributed by atoms with Crippen LogP contribution in [-0.2, 0) is 0 Å². The van der Waals surface area contributed by atoms with Crippen molar-refractivity contribution in [3.05, 3.63) is 53.2 Å². The first-order valence-electron chi connectivity index (χ1n) is 4.59. The predicted octanol–water partition coefficient (Wildman–Crippen LogP) is 7.06. The lowest BCUT2D eigenvalue weighted by Crippen LogP contribution is -1.81. The molecule has 2 aromatic rings. The van der Waals surface area contributed by atoms with Crippen molar-refractivity contribution in [3.63, 3.8) is 0 Å². The number of hydrogen-bond acceptors (Lipinski definition) is 0. The second-order valence-electron chi connectivity index (χ2n) is 3.38. The molecule has 0 aromatic heterocycles. The minimum absolute atomic E-state index is 0.712. The molecular formula is C12H5Br4Cl. The van der Waals surface area contributed by atoms with E-state index in [0.29, 0.717) is 5.02 Å². The molecule has 0 aliphatic rings. The fourth-order valence-corrected chi connectivity index (χ4v) is 3.31. The van der Waals surface area contributed by atoms with Crippen LogP contribution in [-0.4, -0.2) is 0 Å². The smallest absolute Gasteiger partial charge is 0.0548 e.